The number of rotatable bonds is 0. The summed E-state index contributed by atoms with van der Waals surface area (Å²) >= 11 is 0. The summed E-state index contributed by atoms with van der Waals surface area (Å²) in [5, 5.41) is 1.29. The predicted molar refractivity (Wildman–Crippen MR) is 83.9 cm³/mol. The molecule has 0 fully saturated rings. The van der Waals surface area contributed by atoms with Gasteiger partial charge in [-0.2, -0.15) is 0 Å². The van der Waals surface area contributed by atoms with E-state index in [4.69, 9.17) is 0 Å². The molecule has 0 amide bonds. The summed E-state index contributed by atoms with van der Waals surface area (Å²) in [4.78, 5) is 10.4. The van der Waals surface area contributed by atoms with Crippen molar-refractivity contribution in [3.63, 3.8) is 0 Å². The Hall–Kier alpha value is -2.55. The van der Waals surface area contributed by atoms with Crippen LogP contribution in [0.4, 0.5) is 0 Å². The van der Waals surface area contributed by atoms with E-state index < -0.39 is 0 Å². The first kappa shape index (κ1) is 12.5. The van der Waals surface area contributed by atoms with Gasteiger partial charge in [0.05, 0.1) is 17.4 Å². The van der Waals surface area contributed by atoms with Gasteiger partial charge in [-0.05, 0) is 42.5 Å². The van der Waals surface area contributed by atoms with Crippen LogP contribution in [0.15, 0.2) is 55.0 Å². The summed E-state index contributed by atoms with van der Waals surface area (Å²) < 4.78 is 0. The number of aromatic nitrogens is 3. The maximum Gasteiger partial charge on any atom is 0.0931 e. The van der Waals surface area contributed by atoms with Crippen molar-refractivity contribution in [2.45, 2.75) is 13.8 Å². The van der Waals surface area contributed by atoms with Gasteiger partial charge in [0.1, 0.15) is 0 Å². The maximum atomic E-state index is 4.16. The van der Waals surface area contributed by atoms with Gasteiger partial charge in [-0.1, -0.05) is 30.3 Å². The first-order valence-corrected chi connectivity index (χ1v) is 6.67. The van der Waals surface area contributed by atoms with Gasteiger partial charge >= 0.3 is 0 Å². The Morgan fingerprint density at radius 3 is 2.45 bits per heavy atom. The second kappa shape index (κ2) is 5.21. The fraction of sp³-hybridized carbons (Fsp3) is 0.118. The number of nitrogens with one attached hydrogen (secondary N) is 2. The second-order valence-electron chi connectivity index (χ2n) is 4.89. The smallest absolute Gasteiger partial charge is 0.0931 e. The minimum absolute atomic E-state index is 1.07. The highest BCUT2D eigenvalue weighted by Crippen LogP contribution is 2.15. The van der Waals surface area contributed by atoms with Crippen LogP contribution in [-0.4, -0.2) is 15.0 Å². The topological polar surface area (TPSA) is 44.5 Å². The zero-order valence-electron chi connectivity index (χ0n) is 11.6. The highest BCUT2D eigenvalue weighted by Gasteiger charge is 1.95. The van der Waals surface area contributed by atoms with E-state index in [9.17, 15) is 0 Å². The molecule has 4 aromatic rings. The van der Waals surface area contributed by atoms with Gasteiger partial charge in [0, 0.05) is 11.7 Å². The average Bonchev–Trinajstić information content (AvgIpc) is 3.08. The summed E-state index contributed by atoms with van der Waals surface area (Å²) in [6.07, 6.45) is 3.69. The maximum absolute atomic E-state index is 4.16. The molecule has 20 heavy (non-hydrogen) atoms. The van der Waals surface area contributed by atoms with Crippen LogP contribution in [0.2, 0.25) is 0 Å². The molecule has 0 saturated heterocycles. The summed E-state index contributed by atoms with van der Waals surface area (Å²) in [5.74, 6) is 0. The molecule has 0 radical (unpaired) electrons. The molecule has 0 spiro atoms. The number of nitrogens with zero attached hydrogens (tertiary/aromatic N) is 1. The highest BCUT2D eigenvalue weighted by molar-refractivity contribution is 5.82. The van der Waals surface area contributed by atoms with Gasteiger partial charge in [0.2, 0.25) is 0 Å². The van der Waals surface area contributed by atoms with E-state index in [0.29, 0.717) is 0 Å². The molecule has 2 heterocycles. The lowest BCUT2D eigenvalue weighted by Gasteiger charge is -1.92. The van der Waals surface area contributed by atoms with Crippen molar-refractivity contribution in [1.29, 1.82) is 0 Å². The minimum atomic E-state index is 1.07. The van der Waals surface area contributed by atoms with E-state index in [2.05, 4.69) is 59.1 Å². The number of H-pyrrole nitrogens is 2. The summed E-state index contributed by atoms with van der Waals surface area (Å²) in [6, 6.07) is 14.5. The Labute approximate surface area is 117 Å². The lowest BCUT2D eigenvalue weighted by molar-refractivity contribution is 1.34. The first-order chi connectivity index (χ1) is 9.75. The van der Waals surface area contributed by atoms with E-state index in [0.717, 1.165) is 11.0 Å². The van der Waals surface area contributed by atoms with Crippen LogP contribution in [0.5, 0.6) is 0 Å². The minimum Gasteiger partial charge on any atom is -0.361 e. The predicted octanol–water partition coefficient (Wildman–Crippen LogP) is 4.35. The Bertz CT molecular complexity index is 767. The van der Waals surface area contributed by atoms with Crippen LogP contribution in [0.1, 0.15) is 11.1 Å². The van der Waals surface area contributed by atoms with Crippen molar-refractivity contribution in [3.8, 4) is 0 Å². The molecular formula is C17H17N3. The summed E-state index contributed by atoms with van der Waals surface area (Å²) in [7, 11) is 0. The zero-order valence-corrected chi connectivity index (χ0v) is 11.6. The third kappa shape index (κ3) is 2.30. The Kier molecular flexibility index (Phi) is 3.25. The van der Waals surface area contributed by atoms with E-state index in [1.165, 1.54) is 22.0 Å². The molecule has 0 aliphatic heterocycles. The molecule has 2 N–H and O–H groups in total. The van der Waals surface area contributed by atoms with Crippen LogP contribution < -0.4 is 0 Å². The molecule has 0 saturated carbocycles. The van der Waals surface area contributed by atoms with Crippen LogP contribution >= 0.6 is 0 Å². The molecule has 2 aromatic carbocycles. The Morgan fingerprint density at radius 2 is 1.65 bits per heavy atom. The fourth-order valence-corrected chi connectivity index (χ4v) is 2.35. The van der Waals surface area contributed by atoms with Crippen molar-refractivity contribution in [2.24, 2.45) is 0 Å². The number of para-hydroxylation sites is 2. The Balaban J connectivity index is 0.000000121. The highest BCUT2D eigenvalue weighted by atomic mass is 14.9. The molecule has 0 aliphatic carbocycles. The zero-order chi connectivity index (χ0) is 13.9. The van der Waals surface area contributed by atoms with Crippen molar-refractivity contribution >= 4 is 21.9 Å². The molecule has 3 heteroatoms. The van der Waals surface area contributed by atoms with E-state index >= 15 is 0 Å². The number of benzene rings is 2. The monoisotopic (exact) mass is 263 g/mol. The van der Waals surface area contributed by atoms with E-state index in [-0.39, 0.29) is 0 Å². The van der Waals surface area contributed by atoms with Crippen molar-refractivity contribution in [2.75, 3.05) is 0 Å². The van der Waals surface area contributed by atoms with Crippen LogP contribution in [0, 0.1) is 13.8 Å². The second-order valence-corrected chi connectivity index (χ2v) is 4.89. The summed E-state index contributed by atoms with van der Waals surface area (Å²) in [5.41, 5.74) is 5.96. The molecule has 100 valence electrons. The van der Waals surface area contributed by atoms with Crippen molar-refractivity contribution < 1.29 is 0 Å². The van der Waals surface area contributed by atoms with Gasteiger partial charge in [-0.25, -0.2) is 4.98 Å². The largest absolute Gasteiger partial charge is 0.361 e. The van der Waals surface area contributed by atoms with E-state index in [1.807, 2.05) is 18.3 Å². The molecule has 4 rings (SSSR count). The SMILES string of the molecule is Cc1cccc2[nH]cnc12.Cc1cccc2cc[nH]c12. The third-order valence-corrected chi connectivity index (χ3v) is 3.45. The number of imidazole rings is 1. The van der Waals surface area contributed by atoms with Crippen LogP contribution in [0.3, 0.4) is 0 Å². The van der Waals surface area contributed by atoms with Crippen LogP contribution in [-0.2, 0) is 0 Å². The molecule has 0 unspecified atom stereocenters. The molecule has 3 nitrogen and oxygen atoms in total. The molecule has 2 aromatic heterocycles. The molecule has 0 bridgehead atoms. The van der Waals surface area contributed by atoms with Gasteiger partial charge in [0.25, 0.3) is 0 Å². The quantitative estimate of drug-likeness (QED) is 0.487. The number of hydrogen-bond acceptors (Lipinski definition) is 1. The number of fused-ring (bicyclic) bond motifs is 2. The lowest BCUT2D eigenvalue weighted by atomic mass is 10.2. The van der Waals surface area contributed by atoms with Crippen LogP contribution in [0.25, 0.3) is 21.9 Å². The van der Waals surface area contributed by atoms with Crippen molar-refractivity contribution in [1.82, 2.24) is 15.0 Å². The van der Waals surface area contributed by atoms with Gasteiger partial charge in [-0.3, -0.25) is 0 Å². The Morgan fingerprint density at radius 1 is 0.850 bits per heavy atom. The lowest BCUT2D eigenvalue weighted by Crippen LogP contribution is -1.73. The fourth-order valence-electron chi connectivity index (χ4n) is 2.35. The van der Waals surface area contributed by atoms with E-state index in [1.54, 1.807) is 6.33 Å². The number of aromatic amines is 2. The number of aryl methyl sites for hydroxylation is 2. The average molecular weight is 263 g/mol. The van der Waals surface area contributed by atoms with Gasteiger partial charge in [0.15, 0.2) is 0 Å². The first-order valence-electron chi connectivity index (χ1n) is 6.67. The van der Waals surface area contributed by atoms with Gasteiger partial charge in [-0.15, -0.1) is 0 Å². The standard InChI is InChI=1S/C9H9N.C8H8N2/c1-7-3-2-4-8-5-6-10-9(7)8;1-6-3-2-4-7-8(6)10-5-9-7/h2-6,10H,1H3;2-5H,1H3,(H,9,10). The molecule has 0 aliphatic rings. The molecular weight excluding hydrogens is 246 g/mol. The van der Waals surface area contributed by atoms with Crippen molar-refractivity contribution in [3.05, 3.63) is 66.1 Å². The summed E-state index contributed by atoms with van der Waals surface area (Å²) in [6.45, 7) is 4.17. The van der Waals surface area contributed by atoms with Gasteiger partial charge < -0.3 is 9.97 Å². The normalized spacial score (nSPS) is 10.5. The number of hydrogen-bond donors (Lipinski definition) is 2. The third-order valence-electron chi connectivity index (χ3n) is 3.45. The molecule has 0 atom stereocenters.